The highest BCUT2D eigenvalue weighted by Gasteiger charge is 2.28. The minimum absolute atomic E-state index is 0. The van der Waals surface area contributed by atoms with E-state index in [0.29, 0.717) is 17.8 Å². The number of aryl methyl sites for hydroxylation is 1. The van der Waals surface area contributed by atoms with Crippen LogP contribution in [0.3, 0.4) is 0 Å². The number of ketones is 1. The third-order valence-electron chi connectivity index (χ3n) is 7.22. The first-order chi connectivity index (χ1) is 15.7. The Balaban J connectivity index is 0.00000228. The number of rotatable bonds is 3. The quantitative estimate of drug-likeness (QED) is 0.640. The molecule has 0 amide bonds. The first-order valence-electron chi connectivity index (χ1n) is 11.5. The van der Waals surface area contributed by atoms with Crippen LogP contribution >= 0.6 is 12.4 Å². The van der Waals surface area contributed by atoms with E-state index in [0.717, 1.165) is 62.2 Å². The van der Waals surface area contributed by atoms with Crippen LogP contribution in [0, 0.1) is 0 Å². The van der Waals surface area contributed by atoms with Crippen LogP contribution in [0.5, 0.6) is 0 Å². The standard InChI is InChI=1S/C26H26N4O2.ClH/c31-25-8-4-17-14-20(6-7-21(17)25)30-12-10-29(11-13-30)19-5-3-18(15-19)23-16-24-22(26(32)28-23)2-1-9-27-24;/h1-2,6-7,9,14-16,19H,3-5,8,10-13H2,(H,28,32);1H/t19-;/m1./s1. The smallest absolute Gasteiger partial charge is 0.257 e. The Morgan fingerprint density at radius 2 is 1.82 bits per heavy atom. The normalized spacial score (nSPS) is 20.6. The summed E-state index contributed by atoms with van der Waals surface area (Å²) in [7, 11) is 0. The zero-order chi connectivity index (χ0) is 21.7. The Bertz CT molecular complexity index is 1310. The molecular formula is C26H27ClN4O2. The van der Waals surface area contributed by atoms with Crippen molar-refractivity contribution < 1.29 is 4.79 Å². The van der Waals surface area contributed by atoms with E-state index in [1.54, 1.807) is 12.3 Å². The number of aromatic amines is 1. The number of hydrogen-bond acceptors (Lipinski definition) is 5. The summed E-state index contributed by atoms with van der Waals surface area (Å²) in [4.78, 5) is 36.8. The predicted octanol–water partition coefficient (Wildman–Crippen LogP) is 3.84. The van der Waals surface area contributed by atoms with E-state index in [2.05, 4.69) is 38.0 Å². The van der Waals surface area contributed by atoms with E-state index in [1.807, 2.05) is 18.2 Å². The minimum atomic E-state index is -0.0698. The van der Waals surface area contributed by atoms with Crippen molar-refractivity contribution in [1.29, 1.82) is 0 Å². The predicted molar refractivity (Wildman–Crippen MR) is 133 cm³/mol. The molecule has 3 aromatic rings. The summed E-state index contributed by atoms with van der Waals surface area (Å²) in [6.45, 7) is 4.01. The molecule has 0 radical (unpaired) electrons. The number of piperazine rings is 1. The lowest BCUT2D eigenvalue weighted by Crippen LogP contribution is -2.49. The number of benzene rings is 1. The second kappa shape index (κ2) is 8.76. The van der Waals surface area contributed by atoms with Crippen LogP contribution in [0.4, 0.5) is 5.69 Å². The summed E-state index contributed by atoms with van der Waals surface area (Å²) in [6.07, 6.45) is 7.65. The molecule has 3 heterocycles. The fourth-order valence-corrected chi connectivity index (χ4v) is 5.42. The third kappa shape index (κ3) is 3.98. The number of fused-ring (bicyclic) bond motifs is 2. The van der Waals surface area contributed by atoms with Crippen LogP contribution in [0.2, 0.25) is 0 Å². The SMILES string of the molecule is Cl.O=C1CCc2cc(N3CCN([C@H]4C=C(c5cc6ncccc6c(=O)[nH]5)CC4)CC3)ccc21. The second-order valence-electron chi connectivity index (χ2n) is 9.03. The van der Waals surface area contributed by atoms with Gasteiger partial charge in [0.1, 0.15) is 0 Å². The number of aromatic nitrogens is 2. The van der Waals surface area contributed by atoms with Gasteiger partial charge >= 0.3 is 0 Å². The molecule has 1 aromatic carbocycles. The first kappa shape index (κ1) is 21.9. The van der Waals surface area contributed by atoms with Crippen molar-refractivity contribution in [3.63, 3.8) is 0 Å². The number of halogens is 1. The van der Waals surface area contributed by atoms with E-state index >= 15 is 0 Å². The van der Waals surface area contributed by atoms with Crippen molar-refractivity contribution in [2.24, 2.45) is 0 Å². The second-order valence-corrected chi connectivity index (χ2v) is 9.03. The molecule has 2 aromatic heterocycles. The summed E-state index contributed by atoms with van der Waals surface area (Å²) in [6, 6.07) is 12.4. The van der Waals surface area contributed by atoms with E-state index in [-0.39, 0.29) is 23.7 Å². The van der Waals surface area contributed by atoms with Crippen molar-refractivity contribution >= 4 is 40.4 Å². The largest absolute Gasteiger partial charge is 0.369 e. The maximum atomic E-state index is 12.4. The Morgan fingerprint density at radius 3 is 2.67 bits per heavy atom. The van der Waals surface area contributed by atoms with Gasteiger partial charge in [-0.05, 0) is 66.8 Å². The molecule has 1 fully saturated rings. The Morgan fingerprint density at radius 1 is 0.970 bits per heavy atom. The van der Waals surface area contributed by atoms with Crippen LogP contribution < -0.4 is 10.5 Å². The lowest BCUT2D eigenvalue weighted by Gasteiger charge is -2.38. The average molecular weight is 463 g/mol. The first-order valence-corrected chi connectivity index (χ1v) is 11.5. The number of allylic oxidation sites excluding steroid dienone is 1. The highest BCUT2D eigenvalue weighted by atomic mass is 35.5. The lowest BCUT2D eigenvalue weighted by atomic mass is 10.1. The van der Waals surface area contributed by atoms with Gasteiger partial charge in [-0.15, -0.1) is 12.4 Å². The molecule has 0 spiro atoms. The molecule has 170 valence electrons. The average Bonchev–Trinajstić information content (AvgIpc) is 3.46. The number of hydrogen-bond donors (Lipinski definition) is 1. The van der Waals surface area contributed by atoms with Crippen LogP contribution in [0.25, 0.3) is 16.5 Å². The van der Waals surface area contributed by atoms with Crippen molar-refractivity contribution in [2.75, 3.05) is 31.1 Å². The summed E-state index contributed by atoms with van der Waals surface area (Å²) in [5.74, 6) is 0.281. The molecule has 1 atom stereocenters. The molecule has 6 rings (SSSR count). The van der Waals surface area contributed by atoms with Crippen LogP contribution in [-0.2, 0) is 6.42 Å². The van der Waals surface area contributed by atoms with Crippen LogP contribution in [0.15, 0.2) is 53.5 Å². The Kier molecular flexibility index (Phi) is 5.81. The number of nitrogens with zero attached hydrogens (tertiary/aromatic N) is 3. The van der Waals surface area contributed by atoms with E-state index in [9.17, 15) is 9.59 Å². The number of carbonyl (C=O) groups excluding carboxylic acids is 1. The molecule has 1 N–H and O–H groups in total. The third-order valence-corrected chi connectivity index (χ3v) is 7.22. The molecule has 3 aliphatic rings. The Labute approximate surface area is 198 Å². The summed E-state index contributed by atoms with van der Waals surface area (Å²) in [5.41, 5.74) is 6.15. The molecule has 1 saturated heterocycles. The number of Topliss-reactive ketones (excluding diaryl/α,β-unsaturated/α-hetero) is 1. The molecule has 0 unspecified atom stereocenters. The van der Waals surface area contributed by atoms with Gasteiger partial charge in [0.05, 0.1) is 10.9 Å². The molecule has 0 bridgehead atoms. The molecule has 6 nitrogen and oxygen atoms in total. The molecular weight excluding hydrogens is 436 g/mol. The van der Waals surface area contributed by atoms with Gasteiger partial charge in [-0.25, -0.2) is 0 Å². The number of H-pyrrole nitrogens is 1. The van der Waals surface area contributed by atoms with Gasteiger partial charge in [0, 0.05) is 61.8 Å². The molecule has 2 aliphatic carbocycles. The van der Waals surface area contributed by atoms with Crippen molar-refractivity contribution in [1.82, 2.24) is 14.9 Å². The topological polar surface area (TPSA) is 69.3 Å². The summed E-state index contributed by atoms with van der Waals surface area (Å²) >= 11 is 0. The maximum absolute atomic E-state index is 12.4. The van der Waals surface area contributed by atoms with Crippen molar-refractivity contribution in [3.05, 3.63) is 75.8 Å². The number of nitrogens with one attached hydrogen (secondary N) is 1. The van der Waals surface area contributed by atoms with Crippen molar-refractivity contribution in [3.8, 4) is 0 Å². The number of anilines is 1. The molecule has 0 saturated carbocycles. The molecule has 7 heteroatoms. The molecule has 33 heavy (non-hydrogen) atoms. The van der Waals surface area contributed by atoms with Gasteiger partial charge in [-0.3, -0.25) is 19.5 Å². The highest BCUT2D eigenvalue weighted by molar-refractivity contribution is 6.00. The zero-order valence-corrected chi connectivity index (χ0v) is 19.2. The summed E-state index contributed by atoms with van der Waals surface area (Å²) < 4.78 is 0. The van der Waals surface area contributed by atoms with E-state index < -0.39 is 0 Å². The van der Waals surface area contributed by atoms with Crippen LogP contribution in [-0.4, -0.2) is 52.9 Å². The van der Waals surface area contributed by atoms with Gasteiger partial charge in [-0.2, -0.15) is 0 Å². The monoisotopic (exact) mass is 462 g/mol. The highest BCUT2D eigenvalue weighted by Crippen LogP contribution is 2.32. The zero-order valence-electron chi connectivity index (χ0n) is 18.4. The van der Waals surface area contributed by atoms with Gasteiger partial charge in [0.25, 0.3) is 5.56 Å². The van der Waals surface area contributed by atoms with E-state index in [1.165, 1.54) is 16.8 Å². The fraction of sp³-hybridized carbons (Fsp3) is 0.346. The molecule has 1 aliphatic heterocycles. The van der Waals surface area contributed by atoms with Crippen molar-refractivity contribution in [2.45, 2.75) is 31.7 Å². The van der Waals surface area contributed by atoms with Crippen LogP contribution in [0.1, 0.15) is 40.9 Å². The van der Waals surface area contributed by atoms with Gasteiger partial charge in [0.15, 0.2) is 5.78 Å². The van der Waals surface area contributed by atoms with Gasteiger partial charge in [0.2, 0.25) is 0 Å². The number of pyridine rings is 2. The summed E-state index contributed by atoms with van der Waals surface area (Å²) in [5, 5.41) is 0.637. The Hall–Kier alpha value is -2.96. The number of carbonyl (C=O) groups is 1. The minimum Gasteiger partial charge on any atom is -0.369 e. The van der Waals surface area contributed by atoms with Gasteiger partial charge < -0.3 is 9.88 Å². The fourth-order valence-electron chi connectivity index (χ4n) is 5.42. The lowest BCUT2D eigenvalue weighted by molar-refractivity contribution is 0.0994. The van der Waals surface area contributed by atoms with E-state index in [4.69, 9.17) is 0 Å². The maximum Gasteiger partial charge on any atom is 0.257 e. The van der Waals surface area contributed by atoms with Gasteiger partial charge in [-0.1, -0.05) is 6.08 Å².